The zero-order chi connectivity index (χ0) is 8.85. The Labute approximate surface area is 65.2 Å². The van der Waals surface area contributed by atoms with Crippen LogP contribution in [0, 0.1) is 0 Å². The maximum absolute atomic E-state index is 11.8. The van der Waals surface area contributed by atoms with Crippen molar-refractivity contribution in [3.8, 4) is 0 Å². The molecule has 0 aliphatic carbocycles. The van der Waals surface area contributed by atoms with Gasteiger partial charge in [0.2, 0.25) is 0 Å². The molecule has 1 amide bonds. The van der Waals surface area contributed by atoms with E-state index in [1.807, 2.05) is 6.92 Å². The minimum Gasteiger partial charge on any atom is -0.338 e. The molecule has 0 saturated heterocycles. The molecule has 0 rings (SSSR count). The van der Waals surface area contributed by atoms with E-state index in [-0.39, 0.29) is 0 Å². The Morgan fingerprint density at radius 3 is 2.27 bits per heavy atom. The van der Waals surface area contributed by atoms with Crippen LogP contribution in [0.15, 0.2) is 0 Å². The number of carbonyl (C=O) groups is 1. The molecule has 0 aromatic rings. The largest absolute Gasteiger partial charge is 0.338 e. The summed E-state index contributed by atoms with van der Waals surface area (Å²) in [5, 5.41) is 0. The second kappa shape index (κ2) is 5.04. The average Bonchev–Trinajstić information content (AvgIpc) is 1.98. The van der Waals surface area contributed by atoms with E-state index in [1.54, 1.807) is 6.92 Å². The van der Waals surface area contributed by atoms with Crippen molar-refractivity contribution in [3.63, 3.8) is 0 Å². The third-order valence-corrected chi connectivity index (χ3v) is 1.37. The maximum atomic E-state index is 11.8. The van der Waals surface area contributed by atoms with E-state index in [0.717, 1.165) is 4.90 Å². The molecule has 0 bridgehead atoms. The lowest BCUT2D eigenvalue weighted by molar-refractivity contribution is -0.142. The summed E-state index contributed by atoms with van der Waals surface area (Å²) < 4.78 is 23.6. The first kappa shape index (κ1) is 10.3. The third kappa shape index (κ3) is 3.30. The summed E-state index contributed by atoms with van der Waals surface area (Å²) in [6.07, 6.45) is -2.15. The molecular weight excluding hydrogens is 152 g/mol. The highest BCUT2D eigenvalue weighted by atomic mass is 19.3. The Balaban J connectivity index is 3.92. The lowest BCUT2D eigenvalue weighted by Crippen LogP contribution is -2.35. The molecule has 0 aliphatic heterocycles. The van der Waals surface area contributed by atoms with Gasteiger partial charge in [-0.2, -0.15) is 8.78 Å². The monoisotopic (exact) mass is 165 g/mol. The fourth-order valence-corrected chi connectivity index (χ4v) is 0.832. The normalized spacial score (nSPS) is 10.3. The van der Waals surface area contributed by atoms with Crippen LogP contribution in [0.25, 0.3) is 0 Å². The topological polar surface area (TPSA) is 20.3 Å². The van der Waals surface area contributed by atoms with Crippen LogP contribution in [0.2, 0.25) is 0 Å². The number of halogens is 2. The van der Waals surface area contributed by atoms with Crippen LogP contribution in [0.3, 0.4) is 0 Å². The van der Waals surface area contributed by atoms with Crippen LogP contribution in [0.1, 0.15) is 20.3 Å². The van der Waals surface area contributed by atoms with Crippen LogP contribution in [0.5, 0.6) is 0 Å². The summed E-state index contributed by atoms with van der Waals surface area (Å²) in [7, 11) is 0. The molecule has 0 unspecified atom stereocenters. The van der Waals surface area contributed by atoms with Gasteiger partial charge in [0.05, 0.1) is 0 Å². The Morgan fingerprint density at radius 2 is 2.00 bits per heavy atom. The highest BCUT2D eigenvalue weighted by Crippen LogP contribution is 2.01. The lowest BCUT2D eigenvalue weighted by Gasteiger charge is -2.18. The molecule has 11 heavy (non-hydrogen) atoms. The van der Waals surface area contributed by atoms with Gasteiger partial charge in [0.1, 0.15) is 0 Å². The van der Waals surface area contributed by atoms with Crippen LogP contribution >= 0.6 is 0 Å². The minimum atomic E-state index is -2.86. The fraction of sp³-hybridized carbons (Fsp3) is 0.857. The van der Waals surface area contributed by atoms with Gasteiger partial charge in [-0.1, -0.05) is 6.92 Å². The zero-order valence-corrected chi connectivity index (χ0v) is 6.81. The van der Waals surface area contributed by atoms with Gasteiger partial charge in [0.25, 0.3) is 5.91 Å². The third-order valence-electron chi connectivity index (χ3n) is 1.37. The Hall–Kier alpha value is -0.670. The van der Waals surface area contributed by atoms with Crippen LogP contribution in [0.4, 0.5) is 8.78 Å². The van der Waals surface area contributed by atoms with Crippen molar-refractivity contribution in [1.29, 1.82) is 0 Å². The van der Waals surface area contributed by atoms with E-state index in [9.17, 15) is 13.6 Å². The average molecular weight is 165 g/mol. The Morgan fingerprint density at radius 1 is 1.45 bits per heavy atom. The van der Waals surface area contributed by atoms with Gasteiger partial charge >= 0.3 is 6.43 Å². The van der Waals surface area contributed by atoms with Gasteiger partial charge in [-0.3, -0.25) is 4.79 Å². The zero-order valence-electron chi connectivity index (χ0n) is 6.81. The maximum Gasteiger partial charge on any atom is 0.315 e. The summed E-state index contributed by atoms with van der Waals surface area (Å²) in [6, 6.07) is 0. The predicted octanol–water partition coefficient (Wildman–Crippen LogP) is 1.51. The Kier molecular flexibility index (Phi) is 4.74. The van der Waals surface area contributed by atoms with E-state index in [0.29, 0.717) is 19.5 Å². The first-order valence-electron chi connectivity index (χ1n) is 3.70. The number of hydrogen-bond donors (Lipinski definition) is 0. The summed E-state index contributed by atoms with van der Waals surface area (Å²) in [4.78, 5) is 11.8. The number of alkyl halides is 2. The number of amides is 1. The molecule has 0 spiro atoms. The number of carbonyl (C=O) groups excluding carboxylic acids is 1. The summed E-state index contributed by atoms with van der Waals surface area (Å²) in [5.41, 5.74) is 0. The van der Waals surface area contributed by atoms with Gasteiger partial charge in [0.15, 0.2) is 0 Å². The van der Waals surface area contributed by atoms with Crippen molar-refractivity contribution >= 4 is 5.91 Å². The van der Waals surface area contributed by atoms with E-state index >= 15 is 0 Å². The molecule has 0 fully saturated rings. The van der Waals surface area contributed by atoms with E-state index < -0.39 is 12.3 Å². The number of hydrogen-bond acceptors (Lipinski definition) is 1. The predicted molar refractivity (Wildman–Crippen MR) is 38.5 cm³/mol. The quantitative estimate of drug-likeness (QED) is 0.618. The standard InChI is InChI=1S/C7H13F2NO/c1-3-5-10(4-2)7(11)6(8)9/h6H,3-5H2,1-2H3. The SMILES string of the molecule is CCCN(CC)C(=O)C(F)F. The smallest absolute Gasteiger partial charge is 0.315 e. The Bertz CT molecular complexity index is 128. The van der Waals surface area contributed by atoms with Crippen molar-refractivity contribution in [3.05, 3.63) is 0 Å². The fourth-order valence-electron chi connectivity index (χ4n) is 0.832. The molecule has 0 aliphatic rings. The molecular formula is C7H13F2NO. The van der Waals surface area contributed by atoms with Crippen molar-refractivity contribution in [2.75, 3.05) is 13.1 Å². The molecule has 2 nitrogen and oxygen atoms in total. The van der Waals surface area contributed by atoms with Crippen molar-refractivity contribution in [2.45, 2.75) is 26.7 Å². The van der Waals surface area contributed by atoms with Crippen molar-refractivity contribution in [2.24, 2.45) is 0 Å². The molecule has 0 N–H and O–H groups in total. The highest BCUT2D eigenvalue weighted by Gasteiger charge is 2.20. The molecule has 66 valence electrons. The van der Waals surface area contributed by atoms with Crippen LogP contribution in [-0.2, 0) is 4.79 Å². The van der Waals surface area contributed by atoms with E-state index in [1.165, 1.54) is 0 Å². The second-order valence-corrected chi connectivity index (χ2v) is 2.22. The van der Waals surface area contributed by atoms with Gasteiger partial charge in [-0.05, 0) is 13.3 Å². The second-order valence-electron chi connectivity index (χ2n) is 2.22. The molecule has 0 atom stereocenters. The molecule has 0 radical (unpaired) electrons. The lowest BCUT2D eigenvalue weighted by atomic mass is 10.4. The van der Waals surface area contributed by atoms with Crippen LogP contribution < -0.4 is 0 Å². The molecule has 4 heteroatoms. The highest BCUT2D eigenvalue weighted by molar-refractivity contribution is 5.79. The van der Waals surface area contributed by atoms with E-state index in [2.05, 4.69) is 0 Å². The van der Waals surface area contributed by atoms with Gasteiger partial charge in [-0.15, -0.1) is 0 Å². The number of nitrogens with zero attached hydrogens (tertiary/aromatic N) is 1. The van der Waals surface area contributed by atoms with Crippen molar-refractivity contribution < 1.29 is 13.6 Å². The molecule has 0 saturated carbocycles. The van der Waals surface area contributed by atoms with Gasteiger partial charge in [0, 0.05) is 13.1 Å². The minimum absolute atomic E-state index is 0.358. The van der Waals surface area contributed by atoms with Crippen molar-refractivity contribution in [1.82, 2.24) is 4.90 Å². The first-order valence-corrected chi connectivity index (χ1v) is 3.70. The van der Waals surface area contributed by atoms with Gasteiger partial charge in [-0.25, -0.2) is 0 Å². The molecule has 0 aromatic heterocycles. The first-order chi connectivity index (χ1) is 5.13. The number of rotatable bonds is 4. The molecule has 0 heterocycles. The van der Waals surface area contributed by atoms with E-state index in [4.69, 9.17) is 0 Å². The summed E-state index contributed by atoms with van der Waals surface area (Å²) >= 11 is 0. The molecule has 0 aromatic carbocycles. The van der Waals surface area contributed by atoms with Crippen LogP contribution in [-0.4, -0.2) is 30.3 Å². The summed E-state index contributed by atoms with van der Waals surface area (Å²) in [6.45, 7) is 4.31. The van der Waals surface area contributed by atoms with Gasteiger partial charge < -0.3 is 4.90 Å². The summed E-state index contributed by atoms with van der Waals surface area (Å²) in [5.74, 6) is -1.06.